The van der Waals surface area contributed by atoms with Crippen LogP contribution in [-0.4, -0.2) is 33.1 Å². The van der Waals surface area contributed by atoms with Gasteiger partial charge in [-0.25, -0.2) is 4.99 Å². The van der Waals surface area contributed by atoms with Crippen molar-refractivity contribution < 1.29 is 19.0 Å². The van der Waals surface area contributed by atoms with Gasteiger partial charge >= 0.3 is 0 Å². The molecule has 0 atom stereocenters. The summed E-state index contributed by atoms with van der Waals surface area (Å²) in [5.41, 5.74) is 1.76. The average Bonchev–Trinajstić information content (AvgIpc) is 3.01. The van der Waals surface area contributed by atoms with Gasteiger partial charge in [-0.3, -0.25) is 4.79 Å². The number of benzene rings is 2. The van der Waals surface area contributed by atoms with E-state index in [1.165, 1.54) is 21.3 Å². The average molecular weight is 373 g/mol. The summed E-state index contributed by atoms with van der Waals surface area (Å²) in [6.45, 7) is 0. The molecule has 1 aliphatic heterocycles. The van der Waals surface area contributed by atoms with Gasteiger partial charge in [0, 0.05) is 10.6 Å². The van der Waals surface area contributed by atoms with E-state index in [2.05, 4.69) is 10.3 Å². The Balaban J connectivity index is 1.99. The van der Waals surface area contributed by atoms with Gasteiger partial charge in [0.25, 0.3) is 5.91 Å². The zero-order valence-electron chi connectivity index (χ0n) is 14.5. The quantitative estimate of drug-likeness (QED) is 0.818. The molecule has 1 amide bonds. The van der Waals surface area contributed by atoms with Crippen molar-refractivity contribution in [1.29, 1.82) is 0 Å². The Morgan fingerprint density at radius 2 is 1.62 bits per heavy atom. The second-order valence-electron chi connectivity index (χ2n) is 5.41. The van der Waals surface area contributed by atoms with Crippen molar-refractivity contribution in [3.05, 3.63) is 58.2 Å². The molecule has 3 rings (SSSR count). The highest BCUT2D eigenvalue weighted by molar-refractivity contribution is 6.30. The molecule has 2 aromatic rings. The minimum Gasteiger partial charge on any atom is -0.493 e. The number of amides is 1. The van der Waals surface area contributed by atoms with E-state index >= 15 is 0 Å². The highest BCUT2D eigenvalue weighted by Crippen LogP contribution is 2.38. The first-order chi connectivity index (χ1) is 12.5. The van der Waals surface area contributed by atoms with Crippen LogP contribution in [0.2, 0.25) is 5.02 Å². The van der Waals surface area contributed by atoms with E-state index in [1.807, 2.05) is 0 Å². The van der Waals surface area contributed by atoms with E-state index in [-0.39, 0.29) is 11.6 Å². The van der Waals surface area contributed by atoms with Crippen molar-refractivity contribution in [1.82, 2.24) is 5.32 Å². The number of nitrogens with zero attached hydrogens (tertiary/aromatic N) is 1. The number of amidine groups is 1. The Kier molecular flexibility index (Phi) is 5.14. The number of rotatable bonds is 5. The van der Waals surface area contributed by atoms with Gasteiger partial charge in [-0.1, -0.05) is 11.6 Å². The number of hydrogen-bond acceptors (Lipinski definition) is 5. The number of aliphatic imine (C=N–C) groups is 1. The minimum absolute atomic E-state index is 0.282. The van der Waals surface area contributed by atoms with E-state index in [0.29, 0.717) is 33.7 Å². The zero-order valence-corrected chi connectivity index (χ0v) is 15.3. The van der Waals surface area contributed by atoms with Crippen LogP contribution >= 0.6 is 11.6 Å². The lowest BCUT2D eigenvalue weighted by Crippen LogP contribution is -2.24. The predicted molar refractivity (Wildman–Crippen MR) is 100 cm³/mol. The summed E-state index contributed by atoms with van der Waals surface area (Å²) in [4.78, 5) is 16.6. The van der Waals surface area contributed by atoms with Crippen LogP contribution in [-0.2, 0) is 4.79 Å². The molecule has 6 nitrogen and oxygen atoms in total. The first-order valence-electron chi connectivity index (χ1n) is 7.73. The van der Waals surface area contributed by atoms with Crippen molar-refractivity contribution in [2.24, 2.45) is 4.99 Å². The van der Waals surface area contributed by atoms with E-state index in [1.54, 1.807) is 42.5 Å². The standard InChI is InChI=1S/C19H17ClN2O4/c1-24-15-9-11(10-16(25-2)17(15)26-3)8-14-19(23)22-18(21-14)12-4-6-13(20)7-5-12/h4-10H,1-3H3,(H,21,22,23)/b14-8+. The van der Waals surface area contributed by atoms with E-state index in [4.69, 9.17) is 25.8 Å². The fraction of sp³-hybridized carbons (Fsp3) is 0.158. The summed E-state index contributed by atoms with van der Waals surface area (Å²) >= 11 is 5.89. The van der Waals surface area contributed by atoms with Crippen LogP contribution in [0.1, 0.15) is 11.1 Å². The van der Waals surface area contributed by atoms with Gasteiger partial charge in [0.2, 0.25) is 5.75 Å². The van der Waals surface area contributed by atoms with Crippen molar-refractivity contribution in [2.45, 2.75) is 0 Å². The molecule has 1 heterocycles. The molecule has 0 saturated heterocycles. The minimum atomic E-state index is -0.288. The first kappa shape index (κ1) is 17.8. The first-order valence-corrected chi connectivity index (χ1v) is 8.11. The normalized spacial score (nSPS) is 14.8. The number of carbonyl (C=O) groups excluding carboxylic acids is 1. The van der Waals surface area contributed by atoms with Crippen LogP contribution in [0.25, 0.3) is 6.08 Å². The van der Waals surface area contributed by atoms with Crippen LogP contribution in [0.5, 0.6) is 17.2 Å². The van der Waals surface area contributed by atoms with Crippen molar-refractivity contribution in [3.63, 3.8) is 0 Å². The molecule has 0 aromatic heterocycles. The lowest BCUT2D eigenvalue weighted by atomic mass is 10.1. The Morgan fingerprint density at radius 1 is 1.00 bits per heavy atom. The molecule has 0 bridgehead atoms. The molecule has 2 aromatic carbocycles. The van der Waals surface area contributed by atoms with Gasteiger partial charge in [0.05, 0.1) is 21.3 Å². The van der Waals surface area contributed by atoms with Crippen LogP contribution < -0.4 is 19.5 Å². The molecule has 1 N–H and O–H groups in total. The molecule has 7 heteroatoms. The maximum atomic E-state index is 12.3. The lowest BCUT2D eigenvalue weighted by Gasteiger charge is -2.12. The third-order valence-corrected chi connectivity index (χ3v) is 4.06. The number of halogens is 1. The van der Waals surface area contributed by atoms with Crippen LogP contribution in [0.3, 0.4) is 0 Å². The second kappa shape index (κ2) is 7.49. The Hall–Kier alpha value is -2.99. The van der Waals surface area contributed by atoms with Gasteiger partial charge < -0.3 is 19.5 Å². The summed E-state index contributed by atoms with van der Waals surface area (Å²) in [6.07, 6.45) is 1.66. The zero-order chi connectivity index (χ0) is 18.7. The Bertz CT molecular complexity index is 879. The summed E-state index contributed by atoms with van der Waals surface area (Å²) < 4.78 is 16.0. The van der Waals surface area contributed by atoms with Crippen molar-refractivity contribution in [2.75, 3.05) is 21.3 Å². The number of nitrogens with one attached hydrogen (secondary N) is 1. The summed E-state index contributed by atoms with van der Waals surface area (Å²) in [5, 5.41) is 3.37. The lowest BCUT2D eigenvalue weighted by molar-refractivity contribution is -0.115. The van der Waals surface area contributed by atoms with E-state index < -0.39 is 0 Å². The number of hydrogen-bond donors (Lipinski definition) is 1. The molecule has 0 unspecified atom stereocenters. The molecule has 26 heavy (non-hydrogen) atoms. The van der Waals surface area contributed by atoms with Crippen molar-refractivity contribution in [3.8, 4) is 17.2 Å². The van der Waals surface area contributed by atoms with Gasteiger partial charge in [0.1, 0.15) is 11.5 Å². The molecule has 0 aliphatic carbocycles. The number of carbonyl (C=O) groups is 1. The molecule has 0 fully saturated rings. The molecule has 0 saturated carbocycles. The molecule has 1 aliphatic rings. The van der Waals surface area contributed by atoms with Crippen LogP contribution in [0, 0.1) is 0 Å². The SMILES string of the molecule is COc1cc(/C=C2/N=C(c3ccc(Cl)cc3)NC2=O)cc(OC)c1OC. The van der Waals surface area contributed by atoms with Gasteiger partial charge in [-0.2, -0.15) is 0 Å². The van der Waals surface area contributed by atoms with Gasteiger partial charge in [0.15, 0.2) is 11.5 Å². The number of ether oxygens (including phenoxy) is 3. The Morgan fingerprint density at radius 3 is 2.15 bits per heavy atom. The third-order valence-electron chi connectivity index (χ3n) is 3.80. The van der Waals surface area contributed by atoms with Gasteiger partial charge in [-0.15, -0.1) is 0 Å². The monoisotopic (exact) mass is 372 g/mol. The molecular formula is C19H17ClN2O4. The Labute approximate surface area is 156 Å². The van der Waals surface area contributed by atoms with Crippen LogP contribution in [0.4, 0.5) is 0 Å². The second-order valence-corrected chi connectivity index (χ2v) is 5.85. The molecule has 0 spiro atoms. The third kappa shape index (κ3) is 3.50. The maximum Gasteiger partial charge on any atom is 0.275 e. The summed E-state index contributed by atoms with van der Waals surface area (Å²) in [6, 6.07) is 10.6. The fourth-order valence-corrected chi connectivity index (χ4v) is 2.68. The van der Waals surface area contributed by atoms with Crippen LogP contribution in [0.15, 0.2) is 47.1 Å². The molecule has 0 radical (unpaired) electrons. The topological polar surface area (TPSA) is 69.2 Å². The molecule has 134 valence electrons. The summed E-state index contributed by atoms with van der Waals surface area (Å²) in [7, 11) is 4.60. The van der Waals surface area contributed by atoms with Gasteiger partial charge in [-0.05, 0) is 48.0 Å². The summed E-state index contributed by atoms with van der Waals surface area (Å²) in [5.74, 6) is 1.67. The largest absolute Gasteiger partial charge is 0.493 e. The highest BCUT2D eigenvalue weighted by atomic mass is 35.5. The predicted octanol–water partition coefficient (Wildman–Crippen LogP) is 3.28. The number of methoxy groups -OCH3 is 3. The van der Waals surface area contributed by atoms with Crippen molar-refractivity contribution >= 4 is 29.4 Å². The fourth-order valence-electron chi connectivity index (χ4n) is 2.56. The molecular weight excluding hydrogens is 356 g/mol. The smallest absolute Gasteiger partial charge is 0.275 e. The maximum absolute atomic E-state index is 12.3. The van der Waals surface area contributed by atoms with E-state index in [9.17, 15) is 4.79 Å². The van der Waals surface area contributed by atoms with E-state index in [0.717, 1.165) is 5.56 Å². The highest BCUT2D eigenvalue weighted by Gasteiger charge is 2.22.